The number of nitrogens with one attached hydrogen (secondary N) is 1. The monoisotopic (exact) mass is 217 g/mol. The molecule has 0 fully saturated rings. The van der Waals surface area contributed by atoms with E-state index >= 15 is 0 Å². The van der Waals surface area contributed by atoms with E-state index in [-0.39, 0.29) is 0 Å². The van der Waals surface area contributed by atoms with Crippen molar-refractivity contribution in [1.82, 2.24) is 15.2 Å². The number of pyridine rings is 1. The molecule has 0 aliphatic heterocycles. The van der Waals surface area contributed by atoms with Gasteiger partial charge in [-0.2, -0.15) is 5.10 Å². The molecule has 0 aliphatic carbocycles. The lowest BCUT2D eigenvalue weighted by molar-refractivity contribution is 0.558. The van der Waals surface area contributed by atoms with Gasteiger partial charge in [0.1, 0.15) is 11.0 Å². The quantitative estimate of drug-likeness (QED) is 0.830. The number of hydrogen-bond acceptors (Lipinski definition) is 2. The van der Waals surface area contributed by atoms with Crippen LogP contribution in [0.4, 0.5) is 0 Å². The molecule has 0 radical (unpaired) electrons. The maximum atomic E-state index is 4.42. The van der Waals surface area contributed by atoms with Gasteiger partial charge in [0.25, 0.3) is 0 Å². The second-order valence-electron chi connectivity index (χ2n) is 4.26. The van der Waals surface area contributed by atoms with E-state index in [4.69, 9.17) is 0 Å². The minimum Gasteiger partial charge on any atom is -0.279 e. The summed E-state index contributed by atoms with van der Waals surface area (Å²) >= 11 is 0. The second kappa shape index (κ2) is 5.10. The predicted octanol–water partition coefficient (Wildman–Crippen LogP) is 3.64. The van der Waals surface area contributed by atoms with E-state index in [1.54, 1.807) is 0 Å². The van der Waals surface area contributed by atoms with Crippen LogP contribution in [0.25, 0.3) is 11.0 Å². The third kappa shape index (κ3) is 2.08. The number of unbranched alkanes of at least 4 members (excludes halogenated alkanes) is 1. The van der Waals surface area contributed by atoms with Crippen molar-refractivity contribution < 1.29 is 0 Å². The van der Waals surface area contributed by atoms with Crippen LogP contribution in [0.3, 0.4) is 0 Å². The minimum atomic E-state index is 0.569. The molecule has 1 unspecified atom stereocenters. The molecule has 3 heteroatoms. The summed E-state index contributed by atoms with van der Waals surface area (Å²) in [4.78, 5) is 4.42. The normalized spacial score (nSPS) is 13.1. The first-order valence-corrected chi connectivity index (χ1v) is 6.15. The Balaban J connectivity index is 2.30. The summed E-state index contributed by atoms with van der Waals surface area (Å²) in [6.07, 6.45) is 6.73. The number of nitrogens with zero attached hydrogens (tertiary/aromatic N) is 2. The summed E-state index contributed by atoms with van der Waals surface area (Å²) < 4.78 is 0. The van der Waals surface area contributed by atoms with Crippen molar-refractivity contribution in [1.29, 1.82) is 0 Å². The van der Waals surface area contributed by atoms with Gasteiger partial charge in [-0.05, 0) is 25.0 Å². The molecule has 2 rings (SSSR count). The Hall–Kier alpha value is -1.38. The molecule has 0 saturated heterocycles. The molecule has 16 heavy (non-hydrogen) atoms. The number of aromatic nitrogens is 3. The van der Waals surface area contributed by atoms with Crippen LogP contribution in [0.15, 0.2) is 18.3 Å². The van der Waals surface area contributed by atoms with Gasteiger partial charge in [0.15, 0.2) is 0 Å². The summed E-state index contributed by atoms with van der Waals surface area (Å²) in [5, 5.41) is 7.47. The largest absolute Gasteiger partial charge is 0.279 e. The average Bonchev–Trinajstić information content (AvgIpc) is 2.75. The van der Waals surface area contributed by atoms with E-state index in [9.17, 15) is 0 Å². The molecule has 0 saturated carbocycles. The van der Waals surface area contributed by atoms with Crippen molar-refractivity contribution in [2.75, 3.05) is 0 Å². The molecule has 2 aromatic heterocycles. The fourth-order valence-corrected chi connectivity index (χ4v) is 2.16. The molecule has 1 atom stereocenters. The smallest absolute Gasteiger partial charge is 0.111 e. The van der Waals surface area contributed by atoms with Crippen LogP contribution in [-0.4, -0.2) is 15.2 Å². The number of rotatable bonds is 5. The Bertz CT molecular complexity index is 447. The molecular weight excluding hydrogens is 198 g/mol. The highest BCUT2D eigenvalue weighted by Gasteiger charge is 2.15. The van der Waals surface area contributed by atoms with Gasteiger partial charge >= 0.3 is 0 Å². The van der Waals surface area contributed by atoms with Gasteiger partial charge in [-0.15, -0.1) is 0 Å². The lowest BCUT2D eigenvalue weighted by Gasteiger charge is -2.12. The Morgan fingerprint density at radius 1 is 1.38 bits per heavy atom. The van der Waals surface area contributed by atoms with Crippen molar-refractivity contribution in [3.63, 3.8) is 0 Å². The zero-order valence-corrected chi connectivity index (χ0v) is 10.0. The predicted molar refractivity (Wildman–Crippen MR) is 66.4 cm³/mol. The third-order valence-corrected chi connectivity index (χ3v) is 3.15. The highest BCUT2D eigenvalue weighted by molar-refractivity contribution is 5.76. The van der Waals surface area contributed by atoms with E-state index in [1.165, 1.54) is 25.0 Å². The van der Waals surface area contributed by atoms with Crippen LogP contribution in [0.5, 0.6) is 0 Å². The highest BCUT2D eigenvalue weighted by Crippen LogP contribution is 2.28. The van der Waals surface area contributed by atoms with Crippen molar-refractivity contribution >= 4 is 11.0 Å². The molecule has 2 aromatic rings. The van der Waals surface area contributed by atoms with E-state index in [1.807, 2.05) is 18.3 Å². The van der Waals surface area contributed by atoms with Crippen LogP contribution in [0, 0.1) is 0 Å². The van der Waals surface area contributed by atoms with Gasteiger partial charge < -0.3 is 0 Å². The van der Waals surface area contributed by atoms with Crippen molar-refractivity contribution in [2.45, 2.75) is 45.4 Å². The maximum absolute atomic E-state index is 4.42. The standard InChI is InChI=1S/C13H19N3/c1-3-5-7-10(4-2)12-13-11(15-16-12)8-6-9-14-13/h6,8-10H,3-5,7H2,1-2H3,(H,15,16). The number of aromatic amines is 1. The van der Waals surface area contributed by atoms with Gasteiger partial charge in [0.05, 0.1) is 5.69 Å². The molecular formula is C13H19N3. The fraction of sp³-hybridized carbons (Fsp3) is 0.538. The molecule has 3 nitrogen and oxygen atoms in total. The highest BCUT2D eigenvalue weighted by atomic mass is 15.1. The van der Waals surface area contributed by atoms with E-state index in [0.717, 1.165) is 17.5 Å². The van der Waals surface area contributed by atoms with Crippen molar-refractivity contribution in [3.8, 4) is 0 Å². The summed E-state index contributed by atoms with van der Waals surface area (Å²) in [6.45, 7) is 4.46. The summed E-state index contributed by atoms with van der Waals surface area (Å²) in [5.74, 6) is 0.569. The van der Waals surface area contributed by atoms with Crippen molar-refractivity contribution in [3.05, 3.63) is 24.0 Å². The molecule has 0 aromatic carbocycles. The topological polar surface area (TPSA) is 41.6 Å². The van der Waals surface area contributed by atoms with Crippen LogP contribution in [0.2, 0.25) is 0 Å². The lowest BCUT2D eigenvalue weighted by Crippen LogP contribution is -1.99. The zero-order valence-electron chi connectivity index (χ0n) is 10.0. The molecule has 0 amide bonds. The van der Waals surface area contributed by atoms with Gasteiger partial charge in [-0.1, -0.05) is 26.7 Å². The average molecular weight is 217 g/mol. The van der Waals surface area contributed by atoms with E-state index < -0.39 is 0 Å². The molecule has 0 aliphatic rings. The Kier molecular flexibility index (Phi) is 3.54. The van der Waals surface area contributed by atoms with Gasteiger partial charge in [-0.3, -0.25) is 10.1 Å². The number of H-pyrrole nitrogens is 1. The summed E-state index contributed by atoms with van der Waals surface area (Å²) in [7, 11) is 0. The van der Waals surface area contributed by atoms with Gasteiger partial charge in [-0.25, -0.2) is 0 Å². The summed E-state index contributed by atoms with van der Waals surface area (Å²) in [6, 6.07) is 3.94. The Labute approximate surface area is 96.3 Å². The van der Waals surface area contributed by atoms with Crippen LogP contribution >= 0.6 is 0 Å². The molecule has 0 spiro atoms. The number of fused-ring (bicyclic) bond motifs is 1. The first-order valence-electron chi connectivity index (χ1n) is 6.15. The van der Waals surface area contributed by atoms with Crippen LogP contribution < -0.4 is 0 Å². The summed E-state index contributed by atoms with van der Waals surface area (Å²) in [5.41, 5.74) is 3.24. The van der Waals surface area contributed by atoms with Gasteiger partial charge in [0, 0.05) is 12.1 Å². The van der Waals surface area contributed by atoms with Gasteiger partial charge in [0.2, 0.25) is 0 Å². The number of hydrogen-bond donors (Lipinski definition) is 1. The molecule has 1 N–H and O–H groups in total. The molecule has 86 valence electrons. The SMILES string of the molecule is CCCCC(CC)c1[nH]nc2cccnc12. The third-order valence-electron chi connectivity index (χ3n) is 3.15. The van der Waals surface area contributed by atoms with E-state index in [0.29, 0.717) is 5.92 Å². The second-order valence-corrected chi connectivity index (χ2v) is 4.26. The molecule has 2 heterocycles. The Morgan fingerprint density at radius 2 is 2.25 bits per heavy atom. The fourth-order valence-electron chi connectivity index (χ4n) is 2.16. The Morgan fingerprint density at radius 3 is 3.00 bits per heavy atom. The van der Waals surface area contributed by atoms with E-state index in [2.05, 4.69) is 29.0 Å². The lowest BCUT2D eigenvalue weighted by atomic mass is 9.95. The zero-order chi connectivity index (χ0) is 11.4. The minimum absolute atomic E-state index is 0.569. The first-order chi connectivity index (χ1) is 7.86. The van der Waals surface area contributed by atoms with Crippen molar-refractivity contribution in [2.24, 2.45) is 0 Å². The van der Waals surface area contributed by atoms with Crippen LogP contribution in [-0.2, 0) is 0 Å². The maximum Gasteiger partial charge on any atom is 0.111 e. The van der Waals surface area contributed by atoms with Crippen LogP contribution in [0.1, 0.15) is 51.1 Å². The first kappa shape index (κ1) is 11.1. The molecule has 0 bridgehead atoms.